The topological polar surface area (TPSA) is 50.1 Å². The summed E-state index contributed by atoms with van der Waals surface area (Å²) < 4.78 is 29.5. The molecule has 1 aromatic carbocycles. The van der Waals surface area contributed by atoms with Crippen LogP contribution in [0.2, 0.25) is 0 Å². The molecule has 0 radical (unpaired) electrons. The molecule has 1 atom stereocenters. The van der Waals surface area contributed by atoms with Crippen LogP contribution in [0.25, 0.3) is 10.9 Å². The van der Waals surface area contributed by atoms with Crippen LogP contribution in [0, 0.1) is 11.6 Å². The Labute approximate surface area is 150 Å². The second kappa shape index (κ2) is 7.13. The monoisotopic (exact) mass is 357 g/mol. The molecule has 6 heteroatoms. The van der Waals surface area contributed by atoms with Gasteiger partial charge in [-0.1, -0.05) is 0 Å². The molecule has 1 aliphatic rings. The zero-order valence-electron chi connectivity index (χ0n) is 14.4. The molecule has 0 saturated carbocycles. The van der Waals surface area contributed by atoms with Crippen LogP contribution in [-0.4, -0.2) is 27.8 Å². The van der Waals surface area contributed by atoms with Gasteiger partial charge in [-0.3, -0.25) is 4.98 Å². The van der Waals surface area contributed by atoms with Crippen molar-refractivity contribution in [2.24, 2.45) is 0 Å². The smallest absolute Gasteiger partial charge is 0.141 e. The maximum absolute atomic E-state index is 13.9. The molecule has 2 N–H and O–H groups in total. The Balaban J connectivity index is 1.76. The standard InChI is InChI=1S/C20H21F2N3O/c21-14-1-2-18-16(10-14)20-17(5-8-26)24-6-3-19(20)25(18)7-4-13-9-15(22)12-23-11-13/h1-2,9-12,17,24,26H,3-8H2. The van der Waals surface area contributed by atoms with Crippen LogP contribution in [0.3, 0.4) is 0 Å². The van der Waals surface area contributed by atoms with E-state index >= 15 is 0 Å². The van der Waals surface area contributed by atoms with E-state index in [-0.39, 0.29) is 24.3 Å². The number of aryl methyl sites for hydroxylation is 2. The Kier molecular flexibility index (Phi) is 4.70. The average Bonchev–Trinajstić information content (AvgIpc) is 2.94. The van der Waals surface area contributed by atoms with Crippen LogP contribution in [0.1, 0.15) is 29.3 Å². The maximum Gasteiger partial charge on any atom is 0.141 e. The lowest BCUT2D eigenvalue weighted by atomic mass is 9.95. The number of fused-ring (bicyclic) bond motifs is 3. The number of halogens is 2. The first-order valence-corrected chi connectivity index (χ1v) is 8.91. The highest BCUT2D eigenvalue weighted by Crippen LogP contribution is 2.35. The Morgan fingerprint density at radius 3 is 2.88 bits per heavy atom. The summed E-state index contributed by atoms with van der Waals surface area (Å²) in [5.74, 6) is -0.601. The molecule has 26 heavy (non-hydrogen) atoms. The predicted octanol–water partition coefficient (Wildman–Crippen LogP) is 3.13. The number of pyridine rings is 1. The fraction of sp³-hybridized carbons (Fsp3) is 0.350. The average molecular weight is 357 g/mol. The van der Waals surface area contributed by atoms with Gasteiger partial charge in [0, 0.05) is 55.0 Å². The third-order valence-corrected chi connectivity index (χ3v) is 5.08. The minimum Gasteiger partial charge on any atom is -0.396 e. The van der Waals surface area contributed by atoms with Crippen molar-refractivity contribution >= 4 is 10.9 Å². The van der Waals surface area contributed by atoms with E-state index in [4.69, 9.17) is 0 Å². The summed E-state index contributed by atoms with van der Waals surface area (Å²) in [6.45, 7) is 1.57. The maximum atomic E-state index is 13.9. The molecule has 0 spiro atoms. The predicted molar refractivity (Wildman–Crippen MR) is 95.9 cm³/mol. The molecule has 0 saturated heterocycles. The molecule has 136 valence electrons. The van der Waals surface area contributed by atoms with Gasteiger partial charge in [0.1, 0.15) is 11.6 Å². The van der Waals surface area contributed by atoms with Gasteiger partial charge >= 0.3 is 0 Å². The van der Waals surface area contributed by atoms with Crippen molar-refractivity contribution in [2.45, 2.75) is 31.8 Å². The van der Waals surface area contributed by atoms with Crippen molar-refractivity contribution in [2.75, 3.05) is 13.2 Å². The van der Waals surface area contributed by atoms with Gasteiger partial charge in [0.2, 0.25) is 0 Å². The van der Waals surface area contributed by atoms with Crippen molar-refractivity contribution in [1.29, 1.82) is 0 Å². The van der Waals surface area contributed by atoms with E-state index < -0.39 is 0 Å². The molecule has 0 amide bonds. The van der Waals surface area contributed by atoms with Gasteiger partial charge in [0.25, 0.3) is 0 Å². The lowest BCUT2D eigenvalue weighted by Crippen LogP contribution is -2.31. The molecule has 1 unspecified atom stereocenters. The summed E-state index contributed by atoms with van der Waals surface area (Å²) in [5, 5.41) is 13.7. The van der Waals surface area contributed by atoms with Crippen molar-refractivity contribution in [3.8, 4) is 0 Å². The molecule has 0 bridgehead atoms. The van der Waals surface area contributed by atoms with E-state index in [2.05, 4.69) is 14.9 Å². The fourth-order valence-electron chi connectivity index (χ4n) is 4.00. The second-order valence-corrected chi connectivity index (χ2v) is 6.70. The molecule has 3 heterocycles. The first-order chi connectivity index (χ1) is 12.7. The number of aliphatic hydroxyl groups is 1. The normalized spacial score (nSPS) is 16.8. The quantitative estimate of drug-likeness (QED) is 0.738. The summed E-state index contributed by atoms with van der Waals surface area (Å²) in [4.78, 5) is 3.91. The van der Waals surface area contributed by atoms with Crippen molar-refractivity contribution in [3.05, 3.63) is 65.1 Å². The van der Waals surface area contributed by atoms with Gasteiger partial charge in [-0.25, -0.2) is 8.78 Å². The number of nitrogens with one attached hydrogen (secondary N) is 1. The van der Waals surface area contributed by atoms with E-state index in [9.17, 15) is 13.9 Å². The van der Waals surface area contributed by atoms with E-state index in [0.717, 1.165) is 35.0 Å². The van der Waals surface area contributed by atoms with Crippen LogP contribution >= 0.6 is 0 Å². The Hall–Kier alpha value is -2.31. The van der Waals surface area contributed by atoms with Crippen LogP contribution in [-0.2, 0) is 19.4 Å². The number of rotatable bonds is 5. The summed E-state index contributed by atoms with van der Waals surface area (Å²) in [6.07, 6.45) is 4.96. The first-order valence-electron chi connectivity index (χ1n) is 8.91. The molecule has 1 aliphatic heterocycles. The number of hydrogen-bond acceptors (Lipinski definition) is 3. The number of aromatic nitrogens is 2. The van der Waals surface area contributed by atoms with Crippen molar-refractivity contribution in [3.63, 3.8) is 0 Å². The largest absolute Gasteiger partial charge is 0.396 e. The van der Waals surface area contributed by atoms with E-state index in [0.29, 0.717) is 19.4 Å². The molecule has 0 aliphatic carbocycles. The third-order valence-electron chi connectivity index (χ3n) is 5.08. The van der Waals surface area contributed by atoms with Gasteiger partial charge in [0.15, 0.2) is 0 Å². The summed E-state index contributed by atoms with van der Waals surface area (Å²) in [5.41, 5.74) is 4.07. The highest BCUT2D eigenvalue weighted by atomic mass is 19.1. The number of nitrogens with zero attached hydrogens (tertiary/aromatic N) is 2. The van der Waals surface area contributed by atoms with Crippen LogP contribution in [0.5, 0.6) is 0 Å². The summed E-state index contributed by atoms with van der Waals surface area (Å²) in [7, 11) is 0. The summed E-state index contributed by atoms with van der Waals surface area (Å²) in [6, 6.07) is 6.38. The number of benzene rings is 1. The van der Waals surface area contributed by atoms with E-state index in [1.807, 2.05) is 6.07 Å². The first kappa shape index (κ1) is 17.1. The minimum atomic E-state index is -0.337. The second-order valence-electron chi connectivity index (χ2n) is 6.70. The highest BCUT2D eigenvalue weighted by molar-refractivity contribution is 5.86. The van der Waals surface area contributed by atoms with Gasteiger partial charge < -0.3 is 15.0 Å². The molecule has 3 aromatic rings. The molecular weight excluding hydrogens is 336 g/mol. The van der Waals surface area contributed by atoms with Crippen LogP contribution in [0.4, 0.5) is 8.78 Å². The zero-order valence-corrected chi connectivity index (χ0v) is 14.4. The van der Waals surface area contributed by atoms with Gasteiger partial charge in [0.05, 0.1) is 6.20 Å². The van der Waals surface area contributed by atoms with Gasteiger partial charge in [-0.2, -0.15) is 0 Å². The third kappa shape index (κ3) is 3.10. The lowest BCUT2D eigenvalue weighted by Gasteiger charge is -2.25. The Morgan fingerprint density at radius 2 is 2.08 bits per heavy atom. The molecule has 2 aromatic heterocycles. The zero-order chi connectivity index (χ0) is 18.1. The lowest BCUT2D eigenvalue weighted by molar-refractivity contribution is 0.263. The molecule has 4 rings (SSSR count). The highest BCUT2D eigenvalue weighted by Gasteiger charge is 2.27. The van der Waals surface area contributed by atoms with E-state index in [1.54, 1.807) is 12.3 Å². The Bertz CT molecular complexity index is 938. The van der Waals surface area contributed by atoms with Gasteiger partial charge in [-0.15, -0.1) is 0 Å². The summed E-state index contributed by atoms with van der Waals surface area (Å²) >= 11 is 0. The minimum absolute atomic E-state index is 0.0186. The number of aliphatic hydroxyl groups excluding tert-OH is 1. The van der Waals surface area contributed by atoms with Crippen LogP contribution < -0.4 is 5.32 Å². The Morgan fingerprint density at radius 1 is 1.19 bits per heavy atom. The van der Waals surface area contributed by atoms with Crippen LogP contribution in [0.15, 0.2) is 36.7 Å². The fourth-order valence-corrected chi connectivity index (χ4v) is 4.00. The SMILES string of the molecule is OCCC1NCCc2c1c1cc(F)ccc1n2CCc1cncc(F)c1. The van der Waals surface area contributed by atoms with Gasteiger partial charge in [-0.05, 0) is 48.2 Å². The van der Waals surface area contributed by atoms with Crippen molar-refractivity contribution < 1.29 is 13.9 Å². The molecular formula is C20H21F2N3O. The number of hydrogen-bond donors (Lipinski definition) is 2. The molecule has 4 nitrogen and oxygen atoms in total. The molecule has 0 fully saturated rings. The van der Waals surface area contributed by atoms with E-state index in [1.165, 1.54) is 24.0 Å². The van der Waals surface area contributed by atoms with Crippen molar-refractivity contribution in [1.82, 2.24) is 14.9 Å².